The predicted molar refractivity (Wildman–Crippen MR) is 89.5 cm³/mol. The highest BCUT2D eigenvalue weighted by Gasteiger charge is 2.20. The van der Waals surface area contributed by atoms with Gasteiger partial charge in [-0.05, 0) is 36.8 Å². The van der Waals surface area contributed by atoms with Gasteiger partial charge in [0.2, 0.25) is 5.91 Å². The van der Waals surface area contributed by atoms with Crippen LogP contribution >= 0.6 is 0 Å². The zero-order valence-electron chi connectivity index (χ0n) is 13.7. The topological polar surface area (TPSA) is 75.6 Å². The second-order valence-corrected chi connectivity index (χ2v) is 5.65. The minimum atomic E-state index is -1.02. The van der Waals surface area contributed by atoms with E-state index in [0.717, 1.165) is 11.3 Å². The lowest BCUT2D eigenvalue weighted by molar-refractivity contribution is -0.142. The number of rotatable bonds is 10. The maximum absolute atomic E-state index is 12.0. The summed E-state index contributed by atoms with van der Waals surface area (Å²) in [6, 6.07) is 6.82. The summed E-state index contributed by atoms with van der Waals surface area (Å²) in [5.74, 6) is -0.379. The van der Waals surface area contributed by atoms with Crippen LogP contribution in [0.15, 0.2) is 36.9 Å². The highest BCUT2D eigenvalue weighted by Crippen LogP contribution is 2.22. The molecule has 0 aliphatic heterocycles. The Morgan fingerprint density at radius 1 is 1.39 bits per heavy atom. The number of hydrogen-bond acceptors (Lipinski definition) is 3. The molecule has 0 aliphatic carbocycles. The Morgan fingerprint density at radius 3 is 2.70 bits per heavy atom. The van der Waals surface area contributed by atoms with Crippen molar-refractivity contribution in [3.05, 3.63) is 42.5 Å². The molecular formula is C18H25NO4. The number of allylic oxidation sites excluding steroid dienone is 1. The number of benzene rings is 1. The maximum Gasteiger partial charge on any atom is 0.326 e. The second kappa shape index (κ2) is 9.66. The van der Waals surface area contributed by atoms with E-state index in [9.17, 15) is 9.59 Å². The number of amides is 1. The number of hydrogen-bond donors (Lipinski definition) is 2. The minimum absolute atomic E-state index is 0.0835. The fourth-order valence-corrected chi connectivity index (χ4v) is 2.43. The number of para-hydroxylation sites is 1. The van der Waals surface area contributed by atoms with Crippen LogP contribution in [0.1, 0.15) is 31.7 Å². The van der Waals surface area contributed by atoms with E-state index in [-0.39, 0.29) is 18.2 Å². The van der Waals surface area contributed by atoms with Crippen LogP contribution in [0.5, 0.6) is 5.75 Å². The monoisotopic (exact) mass is 319 g/mol. The van der Waals surface area contributed by atoms with E-state index in [4.69, 9.17) is 9.84 Å². The third kappa shape index (κ3) is 6.55. The Hall–Kier alpha value is -2.30. The third-order valence-electron chi connectivity index (χ3n) is 3.59. The molecule has 0 saturated carbocycles. The summed E-state index contributed by atoms with van der Waals surface area (Å²) < 4.78 is 5.30. The quantitative estimate of drug-likeness (QED) is 0.650. The number of carbonyl (C=O) groups is 2. The van der Waals surface area contributed by atoms with Gasteiger partial charge in [0.25, 0.3) is 0 Å². The van der Waals surface area contributed by atoms with Crippen molar-refractivity contribution in [2.24, 2.45) is 5.92 Å². The molecule has 0 bridgehead atoms. The first kappa shape index (κ1) is 18.7. The SMILES string of the molecule is C=CCCC(NC(=O)CC(C)Cc1ccccc1OC)C(=O)O. The lowest BCUT2D eigenvalue weighted by Crippen LogP contribution is -2.41. The van der Waals surface area contributed by atoms with Crippen LogP contribution in [0.2, 0.25) is 0 Å². The first-order chi connectivity index (χ1) is 11.0. The summed E-state index contributed by atoms with van der Waals surface area (Å²) in [7, 11) is 1.62. The lowest BCUT2D eigenvalue weighted by atomic mass is 9.97. The zero-order chi connectivity index (χ0) is 17.2. The summed E-state index contributed by atoms with van der Waals surface area (Å²) in [6.07, 6.45) is 3.52. The van der Waals surface area contributed by atoms with Crippen molar-refractivity contribution in [3.63, 3.8) is 0 Å². The molecule has 0 heterocycles. The number of carboxylic acid groups (broad SMARTS) is 1. The summed E-state index contributed by atoms with van der Waals surface area (Å²) in [6.45, 7) is 5.53. The number of methoxy groups -OCH3 is 1. The molecule has 0 aromatic heterocycles. The van der Waals surface area contributed by atoms with Gasteiger partial charge in [-0.3, -0.25) is 4.79 Å². The molecule has 0 aliphatic rings. The van der Waals surface area contributed by atoms with Crippen molar-refractivity contribution in [2.45, 2.75) is 38.6 Å². The Bertz CT molecular complexity index is 542. The first-order valence-corrected chi connectivity index (χ1v) is 7.72. The molecule has 0 radical (unpaired) electrons. The van der Waals surface area contributed by atoms with Crippen LogP contribution in [0, 0.1) is 5.92 Å². The highest BCUT2D eigenvalue weighted by molar-refractivity contribution is 5.83. The fourth-order valence-electron chi connectivity index (χ4n) is 2.43. The van der Waals surface area contributed by atoms with Crippen LogP contribution in [0.4, 0.5) is 0 Å². The molecule has 1 aromatic rings. The van der Waals surface area contributed by atoms with Crippen molar-refractivity contribution in [2.75, 3.05) is 7.11 Å². The summed E-state index contributed by atoms with van der Waals surface area (Å²) in [5, 5.41) is 11.7. The predicted octanol–water partition coefficient (Wildman–Crippen LogP) is 2.80. The van der Waals surface area contributed by atoms with E-state index < -0.39 is 12.0 Å². The summed E-state index contributed by atoms with van der Waals surface area (Å²) in [5.41, 5.74) is 1.04. The number of aliphatic carboxylic acids is 1. The first-order valence-electron chi connectivity index (χ1n) is 7.72. The zero-order valence-corrected chi connectivity index (χ0v) is 13.7. The molecule has 0 fully saturated rings. The second-order valence-electron chi connectivity index (χ2n) is 5.65. The highest BCUT2D eigenvalue weighted by atomic mass is 16.5. The van der Waals surface area contributed by atoms with E-state index in [1.54, 1.807) is 13.2 Å². The Morgan fingerprint density at radius 2 is 2.09 bits per heavy atom. The lowest BCUT2D eigenvalue weighted by Gasteiger charge is -2.17. The number of carboxylic acids is 1. The van der Waals surface area contributed by atoms with E-state index in [1.807, 2.05) is 31.2 Å². The van der Waals surface area contributed by atoms with E-state index >= 15 is 0 Å². The van der Waals surface area contributed by atoms with E-state index in [0.29, 0.717) is 19.3 Å². The van der Waals surface area contributed by atoms with Crippen LogP contribution in [-0.4, -0.2) is 30.1 Å². The third-order valence-corrected chi connectivity index (χ3v) is 3.59. The minimum Gasteiger partial charge on any atom is -0.496 e. The Kier molecular flexibility index (Phi) is 7.88. The van der Waals surface area contributed by atoms with Gasteiger partial charge in [-0.25, -0.2) is 4.79 Å². The molecule has 0 spiro atoms. The van der Waals surface area contributed by atoms with Gasteiger partial charge in [-0.2, -0.15) is 0 Å². The average molecular weight is 319 g/mol. The number of ether oxygens (including phenoxy) is 1. The molecule has 1 amide bonds. The molecule has 5 nitrogen and oxygen atoms in total. The molecule has 2 unspecified atom stereocenters. The summed E-state index contributed by atoms with van der Waals surface area (Å²) >= 11 is 0. The van der Waals surface area contributed by atoms with Crippen LogP contribution in [-0.2, 0) is 16.0 Å². The molecule has 1 aromatic carbocycles. The molecule has 23 heavy (non-hydrogen) atoms. The average Bonchev–Trinajstić information content (AvgIpc) is 2.51. The van der Waals surface area contributed by atoms with Crippen molar-refractivity contribution in [1.29, 1.82) is 0 Å². The van der Waals surface area contributed by atoms with E-state index in [1.165, 1.54) is 0 Å². The van der Waals surface area contributed by atoms with Gasteiger partial charge in [0.05, 0.1) is 7.11 Å². The van der Waals surface area contributed by atoms with Crippen LogP contribution in [0.25, 0.3) is 0 Å². The van der Waals surface area contributed by atoms with Gasteiger partial charge in [0, 0.05) is 6.42 Å². The van der Waals surface area contributed by atoms with Gasteiger partial charge >= 0.3 is 5.97 Å². The van der Waals surface area contributed by atoms with Gasteiger partial charge in [-0.15, -0.1) is 6.58 Å². The molecule has 1 rings (SSSR count). The van der Waals surface area contributed by atoms with Gasteiger partial charge in [-0.1, -0.05) is 31.2 Å². The maximum atomic E-state index is 12.0. The molecule has 2 atom stereocenters. The molecular weight excluding hydrogens is 294 g/mol. The fraction of sp³-hybridized carbons (Fsp3) is 0.444. The van der Waals surface area contributed by atoms with Gasteiger partial charge < -0.3 is 15.2 Å². The van der Waals surface area contributed by atoms with Crippen molar-refractivity contribution >= 4 is 11.9 Å². The standard InChI is InChI=1S/C18H25NO4/c1-4-5-9-15(18(21)22)19-17(20)12-13(2)11-14-8-6-7-10-16(14)23-3/h4,6-8,10,13,15H,1,5,9,11-12H2,2-3H3,(H,19,20)(H,21,22). The van der Waals surface area contributed by atoms with Gasteiger partial charge in [0.1, 0.15) is 11.8 Å². The van der Waals surface area contributed by atoms with E-state index in [2.05, 4.69) is 11.9 Å². The van der Waals surface area contributed by atoms with Crippen molar-refractivity contribution in [3.8, 4) is 5.75 Å². The normalized spacial score (nSPS) is 13.0. The molecule has 126 valence electrons. The van der Waals surface area contributed by atoms with Crippen molar-refractivity contribution < 1.29 is 19.4 Å². The molecule has 2 N–H and O–H groups in total. The smallest absolute Gasteiger partial charge is 0.326 e. The largest absolute Gasteiger partial charge is 0.496 e. The molecule has 0 saturated heterocycles. The van der Waals surface area contributed by atoms with Crippen LogP contribution in [0.3, 0.4) is 0 Å². The van der Waals surface area contributed by atoms with Crippen molar-refractivity contribution in [1.82, 2.24) is 5.32 Å². The Labute approximate surface area is 137 Å². The summed E-state index contributed by atoms with van der Waals surface area (Å²) in [4.78, 5) is 23.2. The van der Waals surface area contributed by atoms with Crippen LogP contribution < -0.4 is 10.1 Å². The Balaban J connectivity index is 2.55. The van der Waals surface area contributed by atoms with Gasteiger partial charge in [0.15, 0.2) is 0 Å². The molecule has 5 heteroatoms. The number of carbonyl (C=O) groups excluding carboxylic acids is 1. The number of nitrogens with one attached hydrogen (secondary N) is 1.